The highest BCUT2D eigenvalue weighted by Gasteiger charge is 2.26. The first kappa shape index (κ1) is 15.9. The third-order valence-corrected chi connectivity index (χ3v) is 4.13. The molecule has 0 bridgehead atoms. The van der Waals surface area contributed by atoms with E-state index in [2.05, 4.69) is 10.6 Å². The molecule has 3 aromatic rings. The zero-order chi connectivity index (χ0) is 17.9. The molecule has 0 radical (unpaired) electrons. The van der Waals surface area contributed by atoms with Gasteiger partial charge in [-0.15, -0.1) is 0 Å². The molecule has 0 saturated heterocycles. The number of hydrogen-bond acceptors (Lipinski definition) is 4. The number of carbonyl (C=O) groups excluding carboxylic acids is 2. The number of benzene rings is 3. The smallest absolute Gasteiger partial charge is 0.259 e. The number of fused-ring (bicyclic) bond motifs is 1. The van der Waals surface area contributed by atoms with Gasteiger partial charge in [-0.3, -0.25) is 14.9 Å². The molecule has 5 heteroatoms. The van der Waals surface area contributed by atoms with E-state index in [1.54, 1.807) is 18.2 Å². The van der Waals surface area contributed by atoms with Crippen LogP contribution in [0.3, 0.4) is 0 Å². The Kier molecular flexibility index (Phi) is 4.11. The summed E-state index contributed by atoms with van der Waals surface area (Å²) in [7, 11) is 0. The molecule has 1 aliphatic rings. The van der Waals surface area contributed by atoms with Gasteiger partial charge in [-0.05, 0) is 48.0 Å². The number of amides is 2. The van der Waals surface area contributed by atoms with Gasteiger partial charge in [0.1, 0.15) is 12.4 Å². The van der Waals surface area contributed by atoms with Gasteiger partial charge in [0, 0.05) is 11.4 Å². The maximum absolute atomic E-state index is 11.7. The van der Waals surface area contributed by atoms with E-state index in [0.717, 1.165) is 22.7 Å². The predicted octanol–water partition coefficient (Wildman–Crippen LogP) is 3.89. The van der Waals surface area contributed by atoms with Crippen LogP contribution in [-0.4, -0.2) is 11.8 Å². The number of nitrogens with one attached hydrogen (secondary N) is 2. The van der Waals surface area contributed by atoms with Gasteiger partial charge >= 0.3 is 0 Å². The Morgan fingerprint density at radius 2 is 1.46 bits per heavy atom. The van der Waals surface area contributed by atoms with Gasteiger partial charge < -0.3 is 10.1 Å². The highest BCUT2D eigenvalue weighted by Crippen LogP contribution is 2.24. The van der Waals surface area contributed by atoms with Gasteiger partial charge in [0.25, 0.3) is 11.8 Å². The maximum atomic E-state index is 11.7. The van der Waals surface area contributed by atoms with Crippen molar-refractivity contribution in [2.45, 2.75) is 6.61 Å². The fourth-order valence-electron chi connectivity index (χ4n) is 2.79. The van der Waals surface area contributed by atoms with E-state index >= 15 is 0 Å². The van der Waals surface area contributed by atoms with Crippen molar-refractivity contribution < 1.29 is 14.3 Å². The molecule has 0 atom stereocenters. The van der Waals surface area contributed by atoms with Crippen molar-refractivity contribution >= 4 is 23.2 Å². The summed E-state index contributed by atoms with van der Waals surface area (Å²) in [5.74, 6) is 0.0631. The Balaban J connectivity index is 1.42. The molecule has 0 spiro atoms. The van der Waals surface area contributed by atoms with Crippen molar-refractivity contribution in [3.05, 3.63) is 89.5 Å². The summed E-state index contributed by atoms with van der Waals surface area (Å²) in [5.41, 5.74) is 3.52. The quantitative estimate of drug-likeness (QED) is 0.689. The van der Waals surface area contributed by atoms with Gasteiger partial charge in [0.2, 0.25) is 0 Å². The van der Waals surface area contributed by atoms with E-state index in [0.29, 0.717) is 17.7 Å². The molecular weight excluding hydrogens is 328 g/mol. The summed E-state index contributed by atoms with van der Waals surface area (Å²) in [6.45, 7) is 0.515. The molecule has 0 fully saturated rings. The molecule has 2 amide bonds. The molecule has 0 aliphatic carbocycles. The SMILES string of the molecule is O=C1NC(=O)c2cc(Nc3ccc(OCc4ccccc4)cc3)ccc21. The van der Waals surface area contributed by atoms with Crippen LogP contribution in [0, 0.1) is 0 Å². The topological polar surface area (TPSA) is 67.4 Å². The number of rotatable bonds is 5. The van der Waals surface area contributed by atoms with E-state index in [9.17, 15) is 9.59 Å². The minimum atomic E-state index is -0.363. The molecule has 0 saturated carbocycles. The number of ether oxygens (including phenoxy) is 1. The van der Waals surface area contributed by atoms with E-state index in [4.69, 9.17) is 4.74 Å². The molecule has 3 aromatic carbocycles. The number of hydrogen-bond donors (Lipinski definition) is 2. The van der Waals surface area contributed by atoms with Crippen molar-refractivity contribution in [3.63, 3.8) is 0 Å². The van der Waals surface area contributed by atoms with E-state index in [-0.39, 0.29) is 11.8 Å². The van der Waals surface area contributed by atoms with Gasteiger partial charge in [-0.1, -0.05) is 30.3 Å². The third-order valence-electron chi connectivity index (χ3n) is 4.13. The minimum absolute atomic E-state index is 0.350. The van der Waals surface area contributed by atoms with E-state index < -0.39 is 0 Å². The summed E-state index contributed by atoms with van der Waals surface area (Å²) < 4.78 is 5.77. The summed E-state index contributed by atoms with van der Waals surface area (Å²) in [6.07, 6.45) is 0. The Labute approximate surface area is 150 Å². The summed E-state index contributed by atoms with van der Waals surface area (Å²) in [4.78, 5) is 23.3. The largest absolute Gasteiger partial charge is 0.489 e. The molecule has 1 heterocycles. The van der Waals surface area contributed by atoms with Crippen LogP contribution in [0.5, 0.6) is 5.75 Å². The second kappa shape index (κ2) is 6.72. The van der Waals surface area contributed by atoms with Crippen LogP contribution in [0.4, 0.5) is 11.4 Å². The Morgan fingerprint density at radius 1 is 0.769 bits per heavy atom. The number of imide groups is 1. The van der Waals surface area contributed by atoms with E-state index in [1.807, 2.05) is 54.6 Å². The highest BCUT2D eigenvalue weighted by molar-refractivity contribution is 6.21. The van der Waals surface area contributed by atoms with Crippen LogP contribution >= 0.6 is 0 Å². The van der Waals surface area contributed by atoms with Gasteiger partial charge in [-0.2, -0.15) is 0 Å². The van der Waals surface area contributed by atoms with Gasteiger partial charge in [0.05, 0.1) is 11.1 Å². The monoisotopic (exact) mass is 344 g/mol. The molecular formula is C21H16N2O3. The lowest BCUT2D eigenvalue weighted by atomic mass is 10.1. The zero-order valence-corrected chi connectivity index (χ0v) is 13.9. The van der Waals surface area contributed by atoms with Crippen molar-refractivity contribution in [2.24, 2.45) is 0 Å². The van der Waals surface area contributed by atoms with Crippen LogP contribution in [0.25, 0.3) is 0 Å². The highest BCUT2D eigenvalue weighted by atomic mass is 16.5. The number of anilines is 2. The lowest BCUT2D eigenvalue weighted by molar-refractivity contribution is 0.0879. The van der Waals surface area contributed by atoms with Gasteiger partial charge in [0.15, 0.2) is 0 Å². The molecule has 1 aliphatic heterocycles. The first-order valence-electron chi connectivity index (χ1n) is 8.22. The Morgan fingerprint density at radius 3 is 2.23 bits per heavy atom. The fraction of sp³-hybridized carbons (Fsp3) is 0.0476. The molecule has 2 N–H and O–H groups in total. The molecule has 26 heavy (non-hydrogen) atoms. The standard InChI is InChI=1S/C21H16N2O3/c24-20-18-11-8-16(12-19(18)21(25)23-20)22-15-6-9-17(10-7-15)26-13-14-4-2-1-3-5-14/h1-12,22H,13H2,(H,23,24,25). The van der Waals surface area contributed by atoms with Crippen LogP contribution in [0.15, 0.2) is 72.8 Å². The molecule has 5 nitrogen and oxygen atoms in total. The first-order valence-corrected chi connectivity index (χ1v) is 8.22. The third kappa shape index (κ3) is 3.28. The molecule has 0 unspecified atom stereocenters. The second-order valence-electron chi connectivity index (χ2n) is 5.97. The lowest BCUT2D eigenvalue weighted by Gasteiger charge is -2.10. The summed E-state index contributed by atoms with van der Waals surface area (Å²) >= 11 is 0. The molecule has 4 rings (SSSR count). The van der Waals surface area contributed by atoms with Crippen LogP contribution in [0.1, 0.15) is 26.3 Å². The van der Waals surface area contributed by atoms with Crippen LogP contribution in [0.2, 0.25) is 0 Å². The first-order chi connectivity index (χ1) is 12.7. The average molecular weight is 344 g/mol. The van der Waals surface area contributed by atoms with Crippen molar-refractivity contribution in [1.29, 1.82) is 0 Å². The van der Waals surface area contributed by atoms with Crippen LogP contribution in [-0.2, 0) is 6.61 Å². The lowest BCUT2D eigenvalue weighted by Crippen LogP contribution is -2.19. The Hall–Kier alpha value is -3.60. The Bertz CT molecular complexity index is 966. The van der Waals surface area contributed by atoms with Crippen LogP contribution < -0.4 is 15.4 Å². The predicted molar refractivity (Wildman–Crippen MR) is 98.7 cm³/mol. The molecule has 0 aromatic heterocycles. The molecule has 128 valence electrons. The second-order valence-corrected chi connectivity index (χ2v) is 5.97. The van der Waals surface area contributed by atoms with Crippen molar-refractivity contribution in [3.8, 4) is 5.75 Å². The average Bonchev–Trinajstić information content (AvgIpc) is 2.95. The fourth-order valence-corrected chi connectivity index (χ4v) is 2.79. The summed E-state index contributed by atoms with van der Waals surface area (Å²) in [6, 6.07) is 22.6. The maximum Gasteiger partial charge on any atom is 0.259 e. The van der Waals surface area contributed by atoms with Gasteiger partial charge in [-0.25, -0.2) is 0 Å². The normalized spacial score (nSPS) is 12.5. The van der Waals surface area contributed by atoms with E-state index in [1.165, 1.54) is 0 Å². The van der Waals surface area contributed by atoms with Crippen molar-refractivity contribution in [2.75, 3.05) is 5.32 Å². The van der Waals surface area contributed by atoms with Crippen molar-refractivity contribution in [1.82, 2.24) is 5.32 Å². The summed E-state index contributed by atoms with van der Waals surface area (Å²) in [5, 5.41) is 5.51. The minimum Gasteiger partial charge on any atom is -0.489 e. The number of carbonyl (C=O) groups is 2. The zero-order valence-electron chi connectivity index (χ0n) is 13.9.